The number of carboxylic acids is 1. The van der Waals surface area contributed by atoms with Crippen molar-refractivity contribution in [1.29, 1.82) is 0 Å². The number of nitrogens with two attached hydrogens (primary N) is 2. The number of unbranched alkanes of at least 4 members (excludes halogenated alkanes) is 1. The lowest BCUT2D eigenvalue weighted by atomic mass is 9.87. The summed E-state index contributed by atoms with van der Waals surface area (Å²) in [5, 5.41) is 9.78. The number of hydrogen-bond acceptors (Lipinski definition) is 6. The number of carbonyl (C=O) groups is 3. The molecule has 1 unspecified atom stereocenters. The molecule has 0 radical (unpaired) electrons. The predicted molar refractivity (Wildman–Crippen MR) is 110 cm³/mol. The molecule has 5 N–H and O–H groups in total. The maximum Gasteiger partial charge on any atom is 0.332 e. The van der Waals surface area contributed by atoms with Gasteiger partial charge in [-0.3, -0.25) is 4.79 Å². The minimum Gasteiger partial charge on any atom is -0.480 e. The van der Waals surface area contributed by atoms with Crippen LogP contribution in [0.15, 0.2) is 30.3 Å². The van der Waals surface area contributed by atoms with Crippen LogP contribution < -0.4 is 11.5 Å². The first-order valence-electron chi connectivity index (χ1n) is 10.6. The number of benzene rings is 1. The fourth-order valence-electron chi connectivity index (χ4n) is 4.93. The van der Waals surface area contributed by atoms with Crippen molar-refractivity contribution in [1.82, 2.24) is 4.90 Å². The molecule has 1 aliphatic heterocycles. The van der Waals surface area contributed by atoms with Crippen molar-refractivity contribution in [3.8, 4) is 0 Å². The number of aliphatic carboxylic acids is 1. The molecule has 1 aromatic rings. The van der Waals surface area contributed by atoms with E-state index in [9.17, 15) is 19.5 Å². The van der Waals surface area contributed by atoms with Crippen molar-refractivity contribution in [3.05, 3.63) is 35.9 Å². The Balaban J connectivity index is 1.84. The van der Waals surface area contributed by atoms with E-state index < -0.39 is 35.5 Å². The van der Waals surface area contributed by atoms with Gasteiger partial charge < -0.3 is 26.2 Å². The molecule has 0 spiro atoms. The molecule has 0 bridgehead atoms. The van der Waals surface area contributed by atoms with Gasteiger partial charge in [-0.05, 0) is 50.1 Å². The number of ether oxygens (including phenoxy) is 1. The number of hydrogen-bond donors (Lipinski definition) is 3. The van der Waals surface area contributed by atoms with E-state index in [-0.39, 0.29) is 18.9 Å². The highest BCUT2D eigenvalue weighted by Crippen LogP contribution is 2.51. The molecule has 2 aliphatic rings. The van der Waals surface area contributed by atoms with E-state index in [1.165, 1.54) is 4.90 Å². The van der Waals surface area contributed by atoms with Gasteiger partial charge in [0.05, 0.1) is 6.04 Å². The summed E-state index contributed by atoms with van der Waals surface area (Å²) in [6.45, 7) is 0.580. The molecule has 1 aromatic carbocycles. The number of fused-ring (bicyclic) bond motifs is 1. The number of carbonyl (C=O) groups excluding carboxylic acids is 2. The number of nitrogens with zero attached hydrogens (tertiary/aromatic N) is 1. The zero-order valence-electron chi connectivity index (χ0n) is 17.2. The first-order valence-corrected chi connectivity index (χ1v) is 10.6. The van der Waals surface area contributed by atoms with Gasteiger partial charge in [-0.1, -0.05) is 43.2 Å². The lowest BCUT2D eigenvalue weighted by Crippen LogP contribution is -2.61. The molecule has 2 fully saturated rings. The molecule has 1 saturated heterocycles. The summed E-state index contributed by atoms with van der Waals surface area (Å²) in [6, 6.07) is 7.35. The molecule has 1 saturated carbocycles. The maximum absolute atomic E-state index is 13.3. The average Bonchev–Trinajstić information content (AvgIpc) is 3.29. The Kier molecular flexibility index (Phi) is 7.10. The molecule has 4 atom stereocenters. The smallest absolute Gasteiger partial charge is 0.332 e. The fourth-order valence-corrected chi connectivity index (χ4v) is 4.93. The van der Waals surface area contributed by atoms with E-state index in [0.717, 1.165) is 18.4 Å². The van der Waals surface area contributed by atoms with Crippen LogP contribution in [0.5, 0.6) is 0 Å². The van der Waals surface area contributed by atoms with Crippen LogP contribution in [0.25, 0.3) is 0 Å². The Hall–Kier alpha value is -2.45. The zero-order chi connectivity index (χ0) is 21.7. The van der Waals surface area contributed by atoms with E-state index in [4.69, 9.17) is 16.2 Å². The Morgan fingerprint density at radius 1 is 1.23 bits per heavy atom. The molecular weight excluding hydrogens is 386 g/mol. The zero-order valence-corrected chi connectivity index (χ0v) is 17.2. The molecule has 30 heavy (non-hydrogen) atoms. The molecule has 164 valence electrons. The molecule has 1 amide bonds. The van der Waals surface area contributed by atoms with Crippen molar-refractivity contribution >= 4 is 17.8 Å². The minimum atomic E-state index is -1.25. The van der Waals surface area contributed by atoms with E-state index in [0.29, 0.717) is 32.2 Å². The Labute approximate surface area is 176 Å². The standard InChI is InChI=1S/C22H31N3O5/c23-12-5-4-10-17(24)19(26)25-18(20(27)28)13-16-9-6-11-22(16,25)21(29)30-14-15-7-2-1-3-8-15/h1-3,7-8,16-18H,4-6,9-14,23-24H2,(H,27,28)/t16-,17?,18+,22+/m1/s1. The lowest BCUT2D eigenvalue weighted by Gasteiger charge is -2.39. The molecular formula is C22H31N3O5. The van der Waals surface area contributed by atoms with Crippen LogP contribution in [0.3, 0.4) is 0 Å². The highest BCUT2D eigenvalue weighted by atomic mass is 16.5. The second-order valence-corrected chi connectivity index (χ2v) is 8.26. The summed E-state index contributed by atoms with van der Waals surface area (Å²) in [5.74, 6) is -2.36. The Morgan fingerprint density at radius 3 is 2.63 bits per heavy atom. The second-order valence-electron chi connectivity index (χ2n) is 8.26. The van der Waals surface area contributed by atoms with Gasteiger partial charge >= 0.3 is 11.9 Å². The van der Waals surface area contributed by atoms with E-state index in [1.54, 1.807) is 0 Å². The highest BCUT2D eigenvalue weighted by Gasteiger charge is 2.64. The van der Waals surface area contributed by atoms with Crippen molar-refractivity contribution in [3.63, 3.8) is 0 Å². The lowest BCUT2D eigenvalue weighted by molar-refractivity contribution is -0.169. The normalized spacial score (nSPS) is 26.3. The quantitative estimate of drug-likeness (QED) is 0.408. The number of likely N-dealkylation sites (tertiary alicyclic amines) is 1. The molecule has 1 heterocycles. The first-order chi connectivity index (χ1) is 14.4. The SMILES string of the molecule is NCCCCC(N)C(=O)N1[C@H](C(=O)O)C[C@H]2CCC[C@@]21C(=O)OCc1ccccc1. The number of esters is 1. The average molecular weight is 418 g/mol. The van der Waals surface area contributed by atoms with Gasteiger partial charge in [0, 0.05) is 0 Å². The summed E-state index contributed by atoms with van der Waals surface area (Å²) < 4.78 is 5.62. The van der Waals surface area contributed by atoms with Gasteiger partial charge in [-0.15, -0.1) is 0 Å². The van der Waals surface area contributed by atoms with Gasteiger partial charge in [0.15, 0.2) is 0 Å². The molecule has 1 aliphatic carbocycles. The summed E-state index contributed by atoms with van der Waals surface area (Å²) in [5.41, 5.74) is 11.2. The van der Waals surface area contributed by atoms with Crippen molar-refractivity contribution in [2.75, 3.05) is 6.54 Å². The van der Waals surface area contributed by atoms with Crippen molar-refractivity contribution in [2.24, 2.45) is 17.4 Å². The predicted octanol–water partition coefficient (Wildman–Crippen LogP) is 1.41. The van der Waals surface area contributed by atoms with E-state index in [2.05, 4.69) is 0 Å². The van der Waals surface area contributed by atoms with Gasteiger partial charge in [-0.2, -0.15) is 0 Å². The number of amides is 1. The summed E-state index contributed by atoms with van der Waals surface area (Å²) in [6.07, 6.45) is 3.88. The topological polar surface area (TPSA) is 136 Å². The molecule has 8 heteroatoms. The summed E-state index contributed by atoms with van der Waals surface area (Å²) >= 11 is 0. The van der Waals surface area contributed by atoms with Crippen LogP contribution in [0.1, 0.15) is 50.5 Å². The van der Waals surface area contributed by atoms with Gasteiger partial charge in [0.2, 0.25) is 5.91 Å². The first kappa shape index (κ1) is 22.2. The molecule has 0 aromatic heterocycles. The third-order valence-corrected chi connectivity index (χ3v) is 6.41. The largest absolute Gasteiger partial charge is 0.480 e. The van der Waals surface area contributed by atoms with Crippen LogP contribution in [-0.2, 0) is 25.7 Å². The number of carboxylic acid groups (broad SMARTS) is 1. The van der Waals surface area contributed by atoms with Crippen LogP contribution in [0, 0.1) is 5.92 Å². The number of rotatable bonds is 9. The highest BCUT2D eigenvalue weighted by molar-refractivity contribution is 5.95. The second kappa shape index (κ2) is 9.57. The third-order valence-electron chi connectivity index (χ3n) is 6.41. The maximum atomic E-state index is 13.3. The van der Waals surface area contributed by atoms with E-state index in [1.807, 2.05) is 30.3 Å². The fraction of sp³-hybridized carbons (Fsp3) is 0.591. The van der Waals surface area contributed by atoms with Crippen molar-refractivity contribution in [2.45, 2.75) is 69.2 Å². The van der Waals surface area contributed by atoms with Crippen LogP contribution in [0.4, 0.5) is 0 Å². The summed E-state index contributed by atoms with van der Waals surface area (Å²) in [7, 11) is 0. The van der Waals surface area contributed by atoms with Crippen LogP contribution in [0.2, 0.25) is 0 Å². The van der Waals surface area contributed by atoms with Crippen molar-refractivity contribution < 1.29 is 24.2 Å². The van der Waals surface area contributed by atoms with Gasteiger partial charge in [-0.25, -0.2) is 9.59 Å². The third kappa shape index (κ3) is 4.20. The monoisotopic (exact) mass is 417 g/mol. The van der Waals surface area contributed by atoms with Crippen LogP contribution >= 0.6 is 0 Å². The summed E-state index contributed by atoms with van der Waals surface area (Å²) in [4.78, 5) is 39.8. The molecule has 3 rings (SSSR count). The minimum absolute atomic E-state index is 0.0798. The van der Waals surface area contributed by atoms with E-state index >= 15 is 0 Å². The Bertz CT molecular complexity index is 771. The van der Waals surface area contributed by atoms with Gasteiger partial charge in [0.1, 0.15) is 18.2 Å². The Morgan fingerprint density at radius 2 is 1.97 bits per heavy atom. The van der Waals surface area contributed by atoms with Crippen LogP contribution in [-0.4, -0.2) is 52.0 Å². The molecule has 8 nitrogen and oxygen atoms in total. The van der Waals surface area contributed by atoms with Gasteiger partial charge in [0.25, 0.3) is 0 Å².